The van der Waals surface area contributed by atoms with Gasteiger partial charge in [0.1, 0.15) is 0 Å². The van der Waals surface area contributed by atoms with Crippen molar-refractivity contribution in [3.63, 3.8) is 0 Å². The van der Waals surface area contributed by atoms with Crippen molar-refractivity contribution in [3.05, 3.63) is 35.9 Å². The molecule has 0 N–H and O–H groups in total. The molecule has 1 amide bonds. The van der Waals surface area contributed by atoms with Gasteiger partial charge in [0.05, 0.1) is 24.3 Å². The van der Waals surface area contributed by atoms with E-state index < -0.39 is 0 Å². The standard InChI is InChI=1S/C21H26N2O3/c1-25-18-9-5-10-21(18)11-6-12-23(14-21)20(24)16-13-19(26-2)22-17-8-4-3-7-15(16)17/h3-4,7-8,13,18H,5-6,9-12,14H2,1-2H3/t18-,21+/m1/s1. The van der Waals surface area contributed by atoms with Gasteiger partial charge in [0.15, 0.2) is 0 Å². The van der Waals surface area contributed by atoms with Gasteiger partial charge in [-0.15, -0.1) is 0 Å². The quantitative estimate of drug-likeness (QED) is 0.844. The van der Waals surface area contributed by atoms with Crippen LogP contribution in [0.15, 0.2) is 30.3 Å². The molecular weight excluding hydrogens is 328 g/mol. The zero-order valence-electron chi connectivity index (χ0n) is 15.5. The number of piperidine rings is 1. The summed E-state index contributed by atoms with van der Waals surface area (Å²) >= 11 is 0. The van der Waals surface area contributed by atoms with Gasteiger partial charge in [-0.05, 0) is 31.7 Å². The molecule has 1 aliphatic carbocycles. The van der Waals surface area contributed by atoms with Crippen LogP contribution in [0.3, 0.4) is 0 Å². The van der Waals surface area contributed by atoms with Crippen LogP contribution in [-0.2, 0) is 4.74 Å². The molecule has 5 heteroatoms. The fourth-order valence-electron chi connectivity index (χ4n) is 4.88. The monoisotopic (exact) mass is 354 g/mol. The average Bonchev–Trinajstić information content (AvgIpc) is 3.07. The number of aromatic nitrogens is 1. The second-order valence-electron chi connectivity index (χ2n) is 7.54. The van der Waals surface area contributed by atoms with Crippen molar-refractivity contribution in [3.8, 4) is 5.88 Å². The number of amides is 1. The maximum atomic E-state index is 13.4. The first-order valence-electron chi connectivity index (χ1n) is 9.43. The summed E-state index contributed by atoms with van der Waals surface area (Å²) in [6.07, 6.45) is 5.88. The maximum Gasteiger partial charge on any atom is 0.254 e. The highest BCUT2D eigenvalue weighted by molar-refractivity contribution is 6.06. The zero-order valence-corrected chi connectivity index (χ0v) is 15.5. The van der Waals surface area contributed by atoms with Gasteiger partial charge < -0.3 is 14.4 Å². The third kappa shape index (κ3) is 2.84. The second-order valence-corrected chi connectivity index (χ2v) is 7.54. The van der Waals surface area contributed by atoms with Gasteiger partial charge >= 0.3 is 0 Å². The first-order chi connectivity index (χ1) is 12.7. The van der Waals surface area contributed by atoms with Crippen LogP contribution >= 0.6 is 0 Å². The van der Waals surface area contributed by atoms with E-state index in [-0.39, 0.29) is 17.4 Å². The fraction of sp³-hybridized carbons (Fsp3) is 0.524. The Morgan fingerprint density at radius 3 is 2.85 bits per heavy atom. The van der Waals surface area contributed by atoms with Crippen LogP contribution in [0, 0.1) is 5.41 Å². The highest BCUT2D eigenvalue weighted by Crippen LogP contribution is 2.46. The minimum atomic E-state index is 0.0720. The minimum Gasteiger partial charge on any atom is -0.481 e. The number of hydrogen-bond acceptors (Lipinski definition) is 4. The molecule has 4 rings (SSSR count). The van der Waals surface area contributed by atoms with Crippen LogP contribution in [0.5, 0.6) is 5.88 Å². The number of carbonyl (C=O) groups is 1. The van der Waals surface area contributed by atoms with Crippen molar-refractivity contribution >= 4 is 16.8 Å². The predicted octanol–water partition coefficient (Wildman–Crippen LogP) is 3.66. The van der Waals surface area contributed by atoms with Gasteiger partial charge in [-0.3, -0.25) is 4.79 Å². The molecule has 1 aromatic carbocycles. The number of benzene rings is 1. The smallest absolute Gasteiger partial charge is 0.254 e. The van der Waals surface area contributed by atoms with Gasteiger partial charge in [-0.25, -0.2) is 4.98 Å². The molecule has 2 aromatic rings. The molecule has 1 aliphatic heterocycles. The molecule has 2 aliphatic rings. The fourth-order valence-corrected chi connectivity index (χ4v) is 4.88. The van der Waals surface area contributed by atoms with E-state index >= 15 is 0 Å². The highest BCUT2D eigenvalue weighted by atomic mass is 16.5. The molecule has 1 saturated heterocycles. The van der Waals surface area contributed by atoms with E-state index in [0.717, 1.165) is 49.7 Å². The van der Waals surface area contributed by atoms with E-state index in [1.807, 2.05) is 29.2 Å². The molecule has 26 heavy (non-hydrogen) atoms. The Labute approximate surface area is 154 Å². The number of pyridine rings is 1. The van der Waals surface area contributed by atoms with Crippen molar-refractivity contribution in [2.24, 2.45) is 5.41 Å². The van der Waals surface area contributed by atoms with Crippen LogP contribution in [0.2, 0.25) is 0 Å². The molecule has 5 nitrogen and oxygen atoms in total. The molecular formula is C21H26N2O3. The lowest BCUT2D eigenvalue weighted by Gasteiger charge is -2.43. The SMILES string of the molecule is COc1cc(C(=O)N2CCC[C@@]3(CCC[C@H]3OC)C2)c2ccccc2n1. The normalized spacial score (nSPS) is 25.8. The maximum absolute atomic E-state index is 13.4. The van der Waals surface area contributed by atoms with Gasteiger partial charge in [-0.1, -0.05) is 24.6 Å². The van der Waals surface area contributed by atoms with Gasteiger partial charge in [0, 0.05) is 37.1 Å². The minimum absolute atomic E-state index is 0.0720. The second kappa shape index (κ2) is 6.88. The van der Waals surface area contributed by atoms with E-state index in [1.54, 1.807) is 20.3 Å². The van der Waals surface area contributed by atoms with Crippen molar-refractivity contribution in [1.82, 2.24) is 9.88 Å². The molecule has 1 aromatic heterocycles. The predicted molar refractivity (Wildman–Crippen MR) is 101 cm³/mol. The van der Waals surface area contributed by atoms with E-state index in [0.29, 0.717) is 11.4 Å². The highest BCUT2D eigenvalue weighted by Gasteiger charge is 2.46. The largest absolute Gasteiger partial charge is 0.481 e. The summed E-state index contributed by atoms with van der Waals surface area (Å²) < 4.78 is 11.1. The summed E-state index contributed by atoms with van der Waals surface area (Å²) in [6.45, 7) is 1.58. The first-order valence-corrected chi connectivity index (χ1v) is 9.43. The average molecular weight is 354 g/mol. The number of para-hydroxylation sites is 1. The third-order valence-corrected chi connectivity index (χ3v) is 6.14. The third-order valence-electron chi connectivity index (χ3n) is 6.14. The van der Waals surface area contributed by atoms with Crippen LogP contribution in [0.4, 0.5) is 0 Å². The van der Waals surface area contributed by atoms with Crippen molar-refractivity contribution in [1.29, 1.82) is 0 Å². The molecule has 1 saturated carbocycles. The number of fused-ring (bicyclic) bond motifs is 1. The summed E-state index contributed by atoms with van der Waals surface area (Å²) in [7, 11) is 3.39. The molecule has 1 spiro atoms. The molecule has 2 heterocycles. The lowest BCUT2D eigenvalue weighted by atomic mass is 9.76. The Hall–Kier alpha value is -2.14. The Morgan fingerprint density at radius 2 is 2.04 bits per heavy atom. The number of likely N-dealkylation sites (tertiary alicyclic amines) is 1. The summed E-state index contributed by atoms with van der Waals surface area (Å²) in [5.74, 6) is 0.553. The van der Waals surface area contributed by atoms with Gasteiger partial charge in [-0.2, -0.15) is 0 Å². The Kier molecular flexibility index (Phi) is 4.57. The van der Waals surface area contributed by atoms with Crippen molar-refractivity contribution < 1.29 is 14.3 Å². The molecule has 0 bridgehead atoms. The summed E-state index contributed by atoms with van der Waals surface area (Å²) in [5, 5.41) is 0.882. The van der Waals surface area contributed by atoms with Gasteiger partial charge in [0.2, 0.25) is 5.88 Å². The summed E-state index contributed by atoms with van der Waals surface area (Å²) in [4.78, 5) is 19.9. The van der Waals surface area contributed by atoms with Crippen molar-refractivity contribution in [2.45, 2.75) is 38.2 Å². The van der Waals surface area contributed by atoms with Crippen LogP contribution in [0.25, 0.3) is 10.9 Å². The first kappa shape index (κ1) is 17.3. The number of nitrogens with zero attached hydrogens (tertiary/aromatic N) is 2. The lowest BCUT2D eigenvalue weighted by Crippen LogP contribution is -2.49. The van der Waals surface area contributed by atoms with E-state index in [4.69, 9.17) is 9.47 Å². The van der Waals surface area contributed by atoms with Crippen LogP contribution in [0.1, 0.15) is 42.5 Å². The lowest BCUT2D eigenvalue weighted by molar-refractivity contribution is -0.0295. The summed E-state index contributed by atoms with van der Waals surface area (Å²) in [5.41, 5.74) is 1.59. The molecule has 2 atom stereocenters. The van der Waals surface area contributed by atoms with E-state index in [1.165, 1.54) is 6.42 Å². The van der Waals surface area contributed by atoms with Crippen LogP contribution in [-0.4, -0.2) is 49.2 Å². The summed E-state index contributed by atoms with van der Waals surface area (Å²) in [6, 6.07) is 9.53. The number of rotatable bonds is 3. The Bertz CT molecular complexity index is 822. The molecule has 0 unspecified atom stereocenters. The Balaban J connectivity index is 1.68. The van der Waals surface area contributed by atoms with E-state index in [2.05, 4.69) is 4.98 Å². The molecule has 2 fully saturated rings. The van der Waals surface area contributed by atoms with Gasteiger partial charge in [0.25, 0.3) is 5.91 Å². The van der Waals surface area contributed by atoms with Crippen LogP contribution < -0.4 is 4.74 Å². The topological polar surface area (TPSA) is 51.7 Å². The number of methoxy groups -OCH3 is 2. The van der Waals surface area contributed by atoms with Crippen molar-refractivity contribution in [2.75, 3.05) is 27.3 Å². The number of hydrogen-bond donors (Lipinski definition) is 0. The Morgan fingerprint density at radius 1 is 1.23 bits per heavy atom. The number of carbonyl (C=O) groups excluding carboxylic acids is 1. The molecule has 0 radical (unpaired) electrons. The zero-order chi connectivity index (χ0) is 18.1. The van der Waals surface area contributed by atoms with E-state index in [9.17, 15) is 4.79 Å². The number of ether oxygens (including phenoxy) is 2. The molecule has 138 valence electrons.